The van der Waals surface area contributed by atoms with E-state index < -0.39 is 0 Å². The molecule has 1 aliphatic heterocycles. The van der Waals surface area contributed by atoms with Crippen LogP contribution in [0.4, 0.5) is 0 Å². The standard InChI is InChI=1S/C24H32N2O2/c1-17(28-21-9-7-6-8-10-21)18-11-13-19(14-12-18)22(27)25-20-15-23(2,3)26-24(4,5)16-20/h6-14,17,20,26H,15-16H2,1-5H3,(H,25,27). The number of para-hydroxylation sites is 1. The van der Waals surface area contributed by atoms with Crippen molar-refractivity contribution in [1.82, 2.24) is 10.6 Å². The summed E-state index contributed by atoms with van der Waals surface area (Å²) in [6, 6.07) is 17.6. The number of ether oxygens (including phenoxy) is 1. The molecule has 0 saturated carbocycles. The monoisotopic (exact) mass is 380 g/mol. The Bertz CT molecular complexity index is 781. The lowest BCUT2D eigenvalue weighted by molar-refractivity contribution is 0.0873. The number of rotatable bonds is 5. The minimum absolute atomic E-state index is 0.00770. The van der Waals surface area contributed by atoms with Crippen molar-refractivity contribution in [1.29, 1.82) is 0 Å². The first-order valence-corrected chi connectivity index (χ1v) is 10.1. The largest absolute Gasteiger partial charge is 0.486 e. The highest BCUT2D eigenvalue weighted by atomic mass is 16.5. The molecular weight excluding hydrogens is 348 g/mol. The predicted octanol–water partition coefficient (Wildman–Crippen LogP) is 4.87. The molecule has 1 saturated heterocycles. The van der Waals surface area contributed by atoms with Crippen LogP contribution in [-0.2, 0) is 0 Å². The molecule has 0 spiro atoms. The molecule has 1 amide bonds. The lowest BCUT2D eigenvalue weighted by atomic mass is 9.79. The normalized spacial score (nSPS) is 19.6. The van der Waals surface area contributed by atoms with Gasteiger partial charge in [-0.05, 0) is 77.3 Å². The molecule has 4 heteroatoms. The summed E-state index contributed by atoms with van der Waals surface area (Å²) in [5.74, 6) is 0.828. The van der Waals surface area contributed by atoms with Gasteiger partial charge in [-0.25, -0.2) is 0 Å². The molecule has 1 aliphatic rings. The summed E-state index contributed by atoms with van der Waals surface area (Å²) in [6.07, 6.45) is 1.76. The molecule has 1 fully saturated rings. The van der Waals surface area contributed by atoms with E-state index in [1.165, 1.54) is 0 Å². The van der Waals surface area contributed by atoms with E-state index in [0.717, 1.165) is 24.2 Å². The van der Waals surface area contributed by atoms with Crippen molar-refractivity contribution in [2.75, 3.05) is 0 Å². The smallest absolute Gasteiger partial charge is 0.251 e. The predicted molar refractivity (Wildman–Crippen MR) is 114 cm³/mol. The summed E-state index contributed by atoms with van der Waals surface area (Å²) >= 11 is 0. The van der Waals surface area contributed by atoms with Gasteiger partial charge >= 0.3 is 0 Å². The molecular formula is C24H32N2O2. The lowest BCUT2D eigenvalue weighted by Crippen LogP contribution is -2.62. The fourth-order valence-electron chi connectivity index (χ4n) is 4.37. The summed E-state index contributed by atoms with van der Waals surface area (Å²) in [7, 11) is 0. The van der Waals surface area contributed by atoms with Crippen LogP contribution < -0.4 is 15.4 Å². The number of nitrogens with one attached hydrogen (secondary N) is 2. The van der Waals surface area contributed by atoms with Crippen LogP contribution in [0, 0.1) is 0 Å². The SMILES string of the molecule is CC(Oc1ccccc1)c1ccc(C(=O)NC2CC(C)(C)NC(C)(C)C2)cc1. The molecule has 3 rings (SSSR count). The van der Waals surface area contributed by atoms with E-state index in [4.69, 9.17) is 4.74 Å². The maximum atomic E-state index is 12.7. The second-order valence-corrected chi connectivity index (χ2v) is 9.17. The number of carbonyl (C=O) groups is 1. The van der Waals surface area contributed by atoms with Crippen molar-refractivity contribution < 1.29 is 9.53 Å². The number of hydrogen-bond acceptors (Lipinski definition) is 3. The summed E-state index contributed by atoms with van der Waals surface area (Å²) in [5.41, 5.74) is 1.75. The highest BCUT2D eigenvalue weighted by Gasteiger charge is 2.38. The third kappa shape index (κ3) is 5.35. The maximum Gasteiger partial charge on any atom is 0.251 e. The Labute approximate surface area is 168 Å². The van der Waals surface area contributed by atoms with E-state index in [9.17, 15) is 4.79 Å². The van der Waals surface area contributed by atoms with E-state index >= 15 is 0 Å². The second-order valence-electron chi connectivity index (χ2n) is 9.17. The molecule has 0 aliphatic carbocycles. The zero-order chi connectivity index (χ0) is 20.4. The summed E-state index contributed by atoms with van der Waals surface area (Å²) in [4.78, 5) is 12.7. The van der Waals surface area contributed by atoms with Crippen molar-refractivity contribution in [2.24, 2.45) is 0 Å². The number of piperidine rings is 1. The lowest BCUT2D eigenvalue weighted by Gasteiger charge is -2.46. The highest BCUT2D eigenvalue weighted by Crippen LogP contribution is 2.29. The molecule has 0 radical (unpaired) electrons. The fraction of sp³-hybridized carbons (Fsp3) is 0.458. The molecule has 4 nitrogen and oxygen atoms in total. The van der Waals surface area contributed by atoms with E-state index in [-0.39, 0.29) is 29.1 Å². The van der Waals surface area contributed by atoms with Crippen LogP contribution in [0.2, 0.25) is 0 Å². The van der Waals surface area contributed by atoms with Crippen LogP contribution in [0.3, 0.4) is 0 Å². The molecule has 28 heavy (non-hydrogen) atoms. The Kier molecular flexibility index (Phi) is 5.80. The van der Waals surface area contributed by atoms with Gasteiger partial charge in [0, 0.05) is 22.7 Å². The first-order chi connectivity index (χ1) is 13.1. The first-order valence-electron chi connectivity index (χ1n) is 10.1. The zero-order valence-electron chi connectivity index (χ0n) is 17.6. The number of carbonyl (C=O) groups excluding carboxylic acids is 1. The number of amides is 1. The van der Waals surface area contributed by atoms with Crippen LogP contribution in [0.1, 0.15) is 69.5 Å². The van der Waals surface area contributed by atoms with Gasteiger partial charge < -0.3 is 15.4 Å². The molecule has 150 valence electrons. The van der Waals surface area contributed by atoms with Gasteiger partial charge in [-0.15, -0.1) is 0 Å². The summed E-state index contributed by atoms with van der Waals surface area (Å²) in [6.45, 7) is 10.8. The zero-order valence-corrected chi connectivity index (χ0v) is 17.6. The van der Waals surface area contributed by atoms with Crippen LogP contribution >= 0.6 is 0 Å². The van der Waals surface area contributed by atoms with E-state index in [0.29, 0.717) is 5.56 Å². The molecule has 1 atom stereocenters. The Morgan fingerprint density at radius 2 is 1.57 bits per heavy atom. The average Bonchev–Trinajstić information content (AvgIpc) is 2.60. The van der Waals surface area contributed by atoms with E-state index in [1.54, 1.807) is 0 Å². The number of hydrogen-bond donors (Lipinski definition) is 2. The quantitative estimate of drug-likeness (QED) is 0.778. The maximum absolute atomic E-state index is 12.7. The van der Waals surface area contributed by atoms with Crippen molar-refractivity contribution in [3.63, 3.8) is 0 Å². The van der Waals surface area contributed by atoms with Crippen molar-refractivity contribution >= 4 is 5.91 Å². The fourth-order valence-corrected chi connectivity index (χ4v) is 4.37. The molecule has 1 heterocycles. The third-order valence-corrected chi connectivity index (χ3v) is 5.22. The van der Waals surface area contributed by atoms with Gasteiger partial charge in [0.1, 0.15) is 11.9 Å². The minimum Gasteiger partial charge on any atom is -0.486 e. The van der Waals surface area contributed by atoms with E-state index in [2.05, 4.69) is 38.3 Å². The van der Waals surface area contributed by atoms with Crippen molar-refractivity contribution in [2.45, 2.75) is 70.7 Å². The number of benzene rings is 2. The van der Waals surface area contributed by atoms with Gasteiger partial charge in [-0.2, -0.15) is 0 Å². The molecule has 2 aromatic rings. The Hall–Kier alpha value is -2.33. The molecule has 1 unspecified atom stereocenters. The van der Waals surface area contributed by atoms with Gasteiger partial charge in [0.2, 0.25) is 0 Å². The second kappa shape index (κ2) is 7.96. The van der Waals surface area contributed by atoms with Crippen molar-refractivity contribution in [3.05, 3.63) is 65.7 Å². The minimum atomic E-state index is -0.0782. The van der Waals surface area contributed by atoms with E-state index in [1.807, 2.05) is 61.5 Å². The topological polar surface area (TPSA) is 50.4 Å². The van der Waals surface area contributed by atoms with Gasteiger partial charge in [0.15, 0.2) is 0 Å². The van der Waals surface area contributed by atoms with Gasteiger partial charge in [0.05, 0.1) is 0 Å². The molecule has 0 bridgehead atoms. The first kappa shape index (κ1) is 20.4. The van der Waals surface area contributed by atoms with Gasteiger partial charge in [-0.3, -0.25) is 4.79 Å². The van der Waals surface area contributed by atoms with Crippen LogP contribution in [-0.4, -0.2) is 23.0 Å². The summed E-state index contributed by atoms with van der Waals surface area (Å²) < 4.78 is 5.96. The molecule has 0 aromatic heterocycles. The molecule has 2 N–H and O–H groups in total. The third-order valence-electron chi connectivity index (χ3n) is 5.22. The Morgan fingerprint density at radius 1 is 1.00 bits per heavy atom. The van der Waals surface area contributed by atoms with Gasteiger partial charge in [0.25, 0.3) is 5.91 Å². The molecule has 2 aromatic carbocycles. The Balaban J connectivity index is 1.62. The average molecular weight is 381 g/mol. The highest BCUT2D eigenvalue weighted by molar-refractivity contribution is 5.94. The van der Waals surface area contributed by atoms with Gasteiger partial charge in [-0.1, -0.05) is 30.3 Å². The Morgan fingerprint density at radius 3 is 2.14 bits per heavy atom. The van der Waals surface area contributed by atoms with Crippen LogP contribution in [0.5, 0.6) is 5.75 Å². The van der Waals surface area contributed by atoms with Crippen molar-refractivity contribution in [3.8, 4) is 5.75 Å². The summed E-state index contributed by atoms with van der Waals surface area (Å²) in [5, 5.41) is 6.87. The van der Waals surface area contributed by atoms with Crippen LogP contribution in [0.25, 0.3) is 0 Å². The van der Waals surface area contributed by atoms with Crippen LogP contribution in [0.15, 0.2) is 54.6 Å².